The molecule has 0 radical (unpaired) electrons. The Hall–Kier alpha value is -3.39. The van der Waals surface area contributed by atoms with E-state index in [1.54, 1.807) is 0 Å². The number of aromatic nitrogens is 2. The minimum atomic E-state index is -1.25. The van der Waals surface area contributed by atoms with E-state index in [-0.39, 0.29) is 12.5 Å². The number of nitrogens with zero attached hydrogens (tertiary/aromatic N) is 2. The van der Waals surface area contributed by atoms with Crippen molar-refractivity contribution >= 4 is 49.5 Å². The molecule has 3 aliphatic rings. The fraction of sp³-hybridized carbons (Fsp3) is 0.321. The summed E-state index contributed by atoms with van der Waals surface area (Å²) in [7, 11) is 0. The van der Waals surface area contributed by atoms with Crippen LogP contribution in [-0.4, -0.2) is 39.0 Å². The van der Waals surface area contributed by atoms with Crippen molar-refractivity contribution in [3.05, 3.63) is 59.7 Å². The van der Waals surface area contributed by atoms with Crippen molar-refractivity contribution in [1.82, 2.24) is 14.5 Å². The Morgan fingerprint density at radius 2 is 1.80 bits per heavy atom. The third-order valence-corrected chi connectivity index (χ3v) is 8.52. The highest BCUT2D eigenvalue weighted by molar-refractivity contribution is 6.31. The third kappa shape index (κ3) is 2.09. The Morgan fingerprint density at radius 1 is 1.09 bits per heavy atom. The summed E-state index contributed by atoms with van der Waals surface area (Å²) in [6.07, 6.45) is -0.0224. The second-order valence-corrected chi connectivity index (χ2v) is 10.2. The van der Waals surface area contributed by atoms with E-state index in [4.69, 9.17) is 9.47 Å². The number of hydrogen-bond donors (Lipinski definition) is 2. The molecule has 3 atom stereocenters. The van der Waals surface area contributed by atoms with Gasteiger partial charge in [0.15, 0.2) is 5.72 Å². The van der Waals surface area contributed by atoms with Crippen LogP contribution in [0.25, 0.3) is 43.6 Å². The molecule has 3 aliphatic heterocycles. The molecule has 0 saturated carbocycles. The molecule has 5 aromatic rings. The summed E-state index contributed by atoms with van der Waals surface area (Å²) in [5.74, 6) is -0.0315. The standard InChI is InChI=1S/C28H25N3O4/c1-3-34-14-28(33)12-20-30-18-10-6-4-8-15(18)22-23-17(13-29-26(23)32)21-16-9-5-7-11-19(16)31(25(21)24(22)30)27(28,2)35-20/h4-11,20,33H,3,12-14H2,1-2H3,(H,29,32)/t20-,27+,28+/m1/s1. The van der Waals surface area contributed by atoms with Gasteiger partial charge in [0.2, 0.25) is 0 Å². The van der Waals surface area contributed by atoms with Crippen LogP contribution < -0.4 is 5.32 Å². The Kier molecular flexibility index (Phi) is 3.54. The van der Waals surface area contributed by atoms with E-state index in [1.807, 2.05) is 38.1 Å². The number of para-hydroxylation sites is 2. The lowest BCUT2D eigenvalue weighted by Gasteiger charge is -2.39. The van der Waals surface area contributed by atoms with Crippen LogP contribution in [0.3, 0.4) is 0 Å². The van der Waals surface area contributed by atoms with Crippen molar-refractivity contribution in [2.24, 2.45) is 0 Å². The number of carbonyl (C=O) groups excluding carboxylic acids is 1. The van der Waals surface area contributed by atoms with Crippen LogP contribution in [0.15, 0.2) is 48.5 Å². The Morgan fingerprint density at radius 3 is 2.57 bits per heavy atom. The molecule has 176 valence electrons. The molecule has 3 aromatic carbocycles. The largest absolute Gasteiger partial charge is 0.382 e. The van der Waals surface area contributed by atoms with Crippen LogP contribution in [0.5, 0.6) is 0 Å². The maximum absolute atomic E-state index is 13.3. The Balaban J connectivity index is 1.69. The fourth-order valence-electron chi connectivity index (χ4n) is 6.98. The van der Waals surface area contributed by atoms with E-state index >= 15 is 0 Å². The normalized spacial score (nSPS) is 26.9. The SMILES string of the molecule is CCOC[C@@]1(O)C[C@H]2O[C@]1(C)n1c3ccccc3c3c4c(c5c6ccccc6n2c5c31)C(=O)NC4. The van der Waals surface area contributed by atoms with Crippen LogP contribution >= 0.6 is 0 Å². The minimum Gasteiger partial charge on any atom is -0.382 e. The average molecular weight is 468 g/mol. The summed E-state index contributed by atoms with van der Waals surface area (Å²) in [5.41, 5.74) is 3.46. The predicted molar refractivity (Wildman–Crippen MR) is 133 cm³/mol. The first-order chi connectivity index (χ1) is 17.0. The van der Waals surface area contributed by atoms with E-state index in [9.17, 15) is 9.90 Å². The van der Waals surface area contributed by atoms with Crippen LogP contribution in [0, 0.1) is 0 Å². The van der Waals surface area contributed by atoms with Crippen LogP contribution in [0.1, 0.15) is 42.4 Å². The highest BCUT2D eigenvalue weighted by Gasteiger charge is 2.61. The molecule has 7 heteroatoms. The third-order valence-electron chi connectivity index (χ3n) is 8.52. The van der Waals surface area contributed by atoms with Gasteiger partial charge in [0.05, 0.1) is 34.2 Å². The number of aliphatic hydroxyl groups is 1. The van der Waals surface area contributed by atoms with Crippen molar-refractivity contribution in [3.63, 3.8) is 0 Å². The summed E-state index contributed by atoms with van der Waals surface area (Å²) in [4.78, 5) is 13.3. The first-order valence-electron chi connectivity index (χ1n) is 12.3. The van der Waals surface area contributed by atoms with Crippen molar-refractivity contribution in [2.45, 2.75) is 44.4 Å². The highest BCUT2D eigenvalue weighted by atomic mass is 16.6. The first-order valence-corrected chi connectivity index (χ1v) is 12.3. The highest BCUT2D eigenvalue weighted by Crippen LogP contribution is 2.57. The van der Waals surface area contributed by atoms with Crippen molar-refractivity contribution in [1.29, 1.82) is 0 Å². The summed E-state index contributed by atoms with van der Waals surface area (Å²) >= 11 is 0. The number of carbonyl (C=O) groups is 1. The minimum absolute atomic E-state index is 0.0315. The second kappa shape index (κ2) is 6.23. The number of amides is 1. The van der Waals surface area contributed by atoms with E-state index in [1.165, 1.54) is 0 Å². The van der Waals surface area contributed by atoms with Crippen molar-refractivity contribution < 1.29 is 19.4 Å². The van der Waals surface area contributed by atoms with Gasteiger partial charge in [-0.2, -0.15) is 0 Å². The van der Waals surface area contributed by atoms with E-state index in [0.29, 0.717) is 19.6 Å². The first kappa shape index (κ1) is 19.9. The number of benzene rings is 3. The molecule has 1 saturated heterocycles. The molecule has 1 amide bonds. The predicted octanol–water partition coefficient (Wildman–Crippen LogP) is 4.52. The van der Waals surface area contributed by atoms with Gasteiger partial charge >= 0.3 is 0 Å². The van der Waals surface area contributed by atoms with E-state index in [2.05, 4.69) is 38.7 Å². The van der Waals surface area contributed by atoms with Crippen molar-refractivity contribution in [2.75, 3.05) is 13.2 Å². The van der Waals surface area contributed by atoms with Gasteiger partial charge in [-0.05, 0) is 31.5 Å². The number of rotatable bonds is 3. The monoisotopic (exact) mass is 467 g/mol. The van der Waals surface area contributed by atoms with Gasteiger partial charge in [-0.1, -0.05) is 36.4 Å². The van der Waals surface area contributed by atoms with Gasteiger partial charge in [-0.25, -0.2) is 0 Å². The molecule has 1 fully saturated rings. The van der Waals surface area contributed by atoms with Gasteiger partial charge in [-0.3, -0.25) is 4.79 Å². The summed E-state index contributed by atoms with van der Waals surface area (Å²) in [6.45, 7) is 5.09. The summed E-state index contributed by atoms with van der Waals surface area (Å²) in [5, 5.41) is 19.4. The molecule has 0 aliphatic carbocycles. The maximum atomic E-state index is 13.3. The number of nitrogens with one attached hydrogen (secondary N) is 1. The molecular weight excluding hydrogens is 442 g/mol. The summed E-state index contributed by atoms with van der Waals surface area (Å²) in [6, 6.07) is 16.4. The second-order valence-electron chi connectivity index (χ2n) is 10.2. The number of ether oxygens (including phenoxy) is 2. The molecule has 8 rings (SSSR count). The lowest BCUT2D eigenvalue weighted by atomic mass is 9.89. The van der Waals surface area contributed by atoms with Crippen LogP contribution in [0.2, 0.25) is 0 Å². The Bertz CT molecular complexity index is 1760. The van der Waals surface area contributed by atoms with Crippen molar-refractivity contribution in [3.8, 4) is 0 Å². The average Bonchev–Trinajstić information content (AvgIpc) is 3.55. The molecule has 2 aromatic heterocycles. The topological polar surface area (TPSA) is 77.7 Å². The van der Waals surface area contributed by atoms with E-state index in [0.717, 1.165) is 54.7 Å². The number of fused-ring (bicyclic) bond motifs is 13. The molecule has 2 N–H and O–H groups in total. The molecule has 0 spiro atoms. The molecule has 0 unspecified atom stereocenters. The zero-order valence-electron chi connectivity index (χ0n) is 19.6. The van der Waals surface area contributed by atoms with Gasteiger partial charge in [-0.15, -0.1) is 0 Å². The lowest BCUT2D eigenvalue weighted by Crippen LogP contribution is -2.53. The molecule has 5 heterocycles. The Labute approximate surface area is 200 Å². The molecule has 7 nitrogen and oxygen atoms in total. The van der Waals surface area contributed by atoms with Gasteiger partial charge in [0, 0.05) is 41.1 Å². The zero-order valence-corrected chi connectivity index (χ0v) is 19.6. The van der Waals surface area contributed by atoms with Gasteiger partial charge < -0.3 is 29.0 Å². The smallest absolute Gasteiger partial charge is 0.252 e. The molecule has 2 bridgehead atoms. The zero-order chi connectivity index (χ0) is 23.7. The molecule has 35 heavy (non-hydrogen) atoms. The van der Waals surface area contributed by atoms with Gasteiger partial charge in [0.1, 0.15) is 11.8 Å². The van der Waals surface area contributed by atoms with Crippen LogP contribution in [-0.2, 0) is 21.7 Å². The van der Waals surface area contributed by atoms with E-state index < -0.39 is 17.6 Å². The summed E-state index contributed by atoms with van der Waals surface area (Å²) < 4.78 is 17.1. The maximum Gasteiger partial charge on any atom is 0.252 e. The lowest BCUT2D eigenvalue weighted by molar-refractivity contribution is -0.195. The quantitative estimate of drug-likeness (QED) is 0.409. The number of hydrogen-bond acceptors (Lipinski definition) is 4. The molecular formula is C28H25N3O4. The van der Waals surface area contributed by atoms with Crippen LogP contribution in [0.4, 0.5) is 0 Å². The van der Waals surface area contributed by atoms with Gasteiger partial charge in [0.25, 0.3) is 5.91 Å². The fourth-order valence-corrected chi connectivity index (χ4v) is 6.98.